The second-order valence-corrected chi connectivity index (χ2v) is 3.83. The fourth-order valence-electron chi connectivity index (χ4n) is 1.45. The van der Waals surface area contributed by atoms with Gasteiger partial charge >= 0.3 is 0 Å². The van der Waals surface area contributed by atoms with Crippen molar-refractivity contribution >= 4 is 0 Å². The number of nitrogens with zero attached hydrogens (tertiary/aromatic N) is 2. The second kappa shape index (κ2) is 6.58. The predicted octanol–water partition coefficient (Wildman–Crippen LogP) is 1.20. The van der Waals surface area contributed by atoms with E-state index in [0.717, 1.165) is 32.4 Å². The molecule has 0 aliphatic carbocycles. The first-order chi connectivity index (χ1) is 7.26. The Morgan fingerprint density at radius 1 is 1.60 bits per heavy atom. The molecular formula is C11H21N3O. The van der Waals surface area contributed by atoms with E-state index in [0.29, 0.717) is 0 Å². The summed E-state index contributed by atoms with van der Waals surface area (Å²) in [6, 6.07) is 0.252. The number of rotatable bonds is 7. The van der Waals surface area contributed by atoms with Crippen LogP contribution in [0, 0.1) is 0 Å². The molecular weight excluding hydrogens is 190 g/mol. The van der Waals surface area contributed by atoms with Gasteiger partial charge in [0.05, 0.1) is 6.20 Å². The van der Waals surface area contributed by atoms with Crippen LogP contribution in [0.1, 0.15) is 25.3 Å². The maximum Gasteiger partial charge on any atom is 0.0522 e. The van der Waals surface area contributed by atoms with E-state index in [2.05, 4.69) is 18.2 Å². The van der Waals surface area contributed by atoms with Gasteiger partial charge in [-0.25, -0.2) is 0 Å². The van der Waals surface area contributed by atoms with Crippen LogP contribution >= 0.6 is 0 Å². The van der Waals surface area contributed by atoms with Crippen molar-refractivity contribution in [2.24, 2.45) is 5.73 Å². The van der Waals surface area contributed by atoms with Crippen LogP contribution < -0.4 is 5.73 Å². The summed E-state index contributed by atoms with van der Waals surface area (Å²) in [6.07, 6.45) is 6.90. The van der Waals surface area contributed by atoms with Crippen LogP contribution in [0.25, 0.3) is 0 Å². The van der Waals surface area contributed by atoms with Crippen LogP contribution in [0.5, 0.6) is 0 Å². The monoisotopic (exact) mass is 211 g/mol. The van der Waals surface area contributed by atoms with Gasteiger partial charge in [-0.3, -0.25) is 4.68 Å². The summed E-state index contributed by atoms with van der Waals surface area (Å²) in [5.74, 6) is 0. The first-order valence-corrected chi connectivity index (χ1v) is 5.52. The van der Waals surface area contributed by atoms with Crippen molar-refractivity contribution in [3.63, 3.8) is 0 Å². The molecule has 0 aliphatic rings. The highest BCUT2D eigenvalue weighted by atomic mass is 16.5. The zero-order valence-electron chi connectivity index (χ0n) is 9.65. The smallest absolute Gasteiger partial charge is 0.0522 e. The highest BCUT2D eigenvalue weighted by Gasteiger charge is 2.03. The zero-order valence-corrected chi connectivity index (χ0v) is 9.65. The maximum atomic E-state index is 5.88. The second-order valence-electron chi connectivity index (χ2n) is 3.83. The molecule has 1 atom stereocenters. The van der Waals surface area contributed by atoms with Gasteiger partial charge in [-0.15, -0.1) is 0 Å². The third kappa shape index (κ3) is 4.44. The van der Waals surface area contributed by atoms with E-state index in [1.165, 1.54) is 5.56 Å². The van der Waals surface area contributed by atoms with Gasteiger partial charge in [0, 0.05) is 32.5 Å². The van der Waals surface area contributed by atoms with Gasteiger partial charge in [-0.05, 0) is 24.8 Å². The fraction of sp³-hybridized carbons (Fsp3) is 0.727. The molecule has 1 rings (SSSR count). The highest BCUT2D eigenvalue weighted by Crippen LogP contribution is 2.03. The van der Waals surface area contributed by atoms with Crippen molar-refractivity contribution in [1.82, 2.24) is 9.78 Å². The lowest BCUT2D eigenvalue weighted by Crippen LogP contribution is -2.21. The summed E-state index contributed by atoms with van der Waals surface area (Å²) in [7, 11) is 1.72. The molecule has 0 aliphatic heterocycles. The van der Waals surface area contributed by atoms with Gasteiger partial charge in [0.15, 0.2) is 0 Å². The third-order valence-corrected chi connectivity index (χ3v) is 2.44. The first-order valence-electron chi connectivity index (χ1n) is 5.52. The molecule has 0 saturated heterocycles. The largest absolute Gasteiger partial charge is 0.385 e. The number of methoxy groups -OCH3 is 1. The quantitative estimate of drug-likeness (QED) is 0.689. The van der Waals surface area contributed by atoms with Crippen molar-refractivity contribution in [1.29, 1.82) is 0 Å². The minimum atomic E-state index is 0.252. The number of aromatic nitrogens is 2. The van der Waals surface area contributed by atoms with Crippen LogP contribution in [0.2, 0.25) is 0 Å². The minimum Gasteiger partial charge on any atom is -0.385 e. The molecule has 0 fully saturated rings. The Bertz CT molecular complexity index is 273. The molecule has 0 amide bonds. The van der Waals surface area contributed by atoms with Gasteiger partial charge in [0.25, 0.3) is 0 Å². The van der Waals surface area contributed by atoms with E-state index in [9.17, 15) is 0 Å². The molecule has 0 radical (unpaired) electrons. The molecule has 86 valence electrons. The number of ether oxygens (including phenoxy) is 1. The Morgan fingerprint density at radius 3 is 3.07 bits per heavy atom. The Kier molecular flexibility index (Phi) is 5.36. The van der Waals surface area contributed by atoms with E-state index >= 15 is 0 Å². The predicted molar refractivity (Wildman–Crippen MR) is 60.7 cm³/mol. The molecule has 1 aromatic rings. The van der Waals surface area contributed by atoms with Gasteiger partial charge in [-0.2, -0.15) is 5.10 Å². The van der Waals surface area contributed by atoms with E-state index in [4.69, 9.17) is 10.5 Å². The Labute approximate surface area is 91.4 Å². The van der Waals surface area contributed by atoms with Crippen LogP contribution in [0.15, 0.2) is 12.4 Å². The third-order valence-electron chi connectivity index (χ3n) is 2.44. The lowest BCUT2D eigenvalue weighted by atomic mass is 10.1. The standard InChI is InChI=1S/C11H21N3O/c1-3-11(12)7-10-8-13-14(9-10)5-4-6-15-2/h8-9,11H,3-7,12H2,1-2H3. The Morgan fingerprint density at radius 2 is 2.40 bits per heavy atom. The number of aryl methyl sites for hydroxylation is 1. The molecule has 0 saturated carbocycles. The number of nitrogens with two attached hydrogens (primary N) is 1. The van der Waals surface area contributed by atoms with Gasteiger partial charge < -0.3 is 10.5 Å². The molecule has 0 bridgehead atoms. The fourth-order valence-corrected chi connectivity index (χ4v) is 1.45. The van der Waals surface area contributed by atoms with Crippen molar-refractivity contribution in [2.75, 3.05) is 13.7 Å². The van der Waals surface area contributed by atoms with Gasteiger partial charge in [0.2, 0.25) is 0 Å². The highest BCUT2D eigenvalue weighted by molar-refractivity contribution is 5.05. The minimum absolute atomic E-state index is 0.252. The lowest BCUT2D eigenvalue weighted by molar-refractivity contribution is 0.189. The van der Waals surface area contributed by atoms with Crippen LogP contribution in [-0.2, 0) is 17.7 Å². The lowest BCUT2D eigenvalue weighted by Gasteiger charge is -2.05. The molecule has 4 nitrogen and oxygen atoms in total. The molecule has 0 aromatic carbocycles. The van der Waals surface area contributed by atoms with E-state index in [1.54, 1.807) is 7.11 Å². The average Bonchev–Trinajstić information content (AvgIpc) is 2.66. The van der Waals surface area contributed by atoms with Crippen LogP contribution in [-0.4, -0.2) is 29.5 Å². The Hall–Kier alpha value is -0.870. The van der Waals surface area contributed by atoms with Gasteiger partial charge in [0.1, 0.15) is 0 Å². The summed E-state index contributed by atoms with van der Waals surface area (Å²) in [5, 5.41) is 4.28. The van der Waals surface area contributed by atoms with Crippen LogP contribution in [0.3, 0.4) is 0 Å². The summed E-state index contributed by atoms with van der Waals surface area (Å²) < 4.78 is 6.95. The molecule has 1 aromatic heterocycles. The van der Waals surface area contributed by atoms with Crippen molar-refractivity contribution < 1.29 is 4.74 Å². The van der Waals surface area contributed by atoms with E-state index < -0.39 is 0 Å². The van der Waals surface area contributed by atoms with Crippen molar-refractivity contribution in [3.05, 3.63) is 18.0 Å². The van der Waals surface area contributed by atoms with Crippen LogP contribution in [0.4, 0.5) is 0 Å². The molecule has 2 N–H and O–H groups in total. The molecule has 15 heavy (non-hydrogen) atoms. The Balaban J connectivity index is 2.35. The van der Waals surface area contributed by atoms with E-state index in [1.807, 2.05) is 10.9 Å². The topological polar surface area (TPSA) is 53.1 Å². The van der Waals surface area contributed by atoms with E-state index in [-0.39, 0.29) is 6.04 Å². The average molecular weight is 211 g/mol. The summed E-state index contributed by atoms with van der Waals surface area (Å²) in [5.41, 5.74) is 7.10. The zero-order chi connectivity index (χ0) is 11.1. The molecule has 4 heteroatoms. The normalized spacial score (nSPS) is 13.0. The van der Waals surface area contributed by atoms with Crippen molar-refractivity contribution in [2.45, 2.75) is 38.8 Å². The molecule has 1 unspecified atom stereocenters. The first kappa shape index (κ1) is 12.2. The number of hydrogen-bond acceptors (Lipinski definition) is 3. The molecule has 1 heterocycles. The van der Waals surface area contributed by atoms with Crippen molar-refractivity contribution in [3.8, 4) is 0 Å². The number of hydrogen-bond donors (Lipinski definition) is 1. The molecule has 0 spiro atoms. The SMILES string of the molecule is CCC(N)Cc1cnn(CCCOC)c1. The summed E-state index contributed by atoms with van der Waals surface area (Å²) in [6.45, 7) is 3.80. The maximum absolute atomic E-state index is 5.88. The summed E-state index contributed by atoms with van der Waals surface area (Å²) >= 11 is 0. The summed E-state index contributed by atoms with van der Waals surface area (Å²) in [4.78, 5) is 0. The van der Waals surface area contributed by atoms with Gasteiger partial charge in [-0.1, -0.05) is 6.92 Å².